The number of carbonyl (C=O) groups is 2. The van der Waals surface area contributed by atoms with Gasteiger partial charge in [0.15, 0.2) is 0 Å². The molecule has 26 heavy (non-hydrogen) atoms. The summed E-state index contributed by atoms with van der Waals surface area (Å²) in [4.78, 5) is 23.7. The van der Waals surface area contributed by atoms with Crippen LogP contribution in [0.15, 0.2) is 42.0 Å². The van der Waals surface area contributed by atoms with Crippen molar-refractivity contribution < 1.29 is 19.1 Å². The minimum absolute atomic E-state index is 0.0444. The number of carbonyl (C=O) groups excluding carboxylic acids is 2. The lowest BCUT2D eigenvalue weighted by molar-refractivity contribution is -0.132. The molecule has 0 aliphatic heterocycles. The number of aryl methyl sites for hydroxylation is 1. The molecule has 0 amide bonds. The molecule has 0 aromatic heterocycles. The highest BCUT2D eigenvalue weighted by molar-refractivity contribution is 6.31. The molecule has 2 unspecified atom stereocenters. The lowest BCUT2D eigenvalue weighted by Crippen LogP contribution is -2.12. The van der Waals surface area contributed by atoms with Crippen molar-refractivity contribution in [3.63, 3.8) is 0 Å². The van der Waals surface area contributed by atoms with Gasteiger partial charge in [-0.2, -0.15) is 0 Å². The highest BCUT2D eigenvalue weighted by Gasteiger charge is 2.43. The van der Waals surface area contributed by atoms with Crippen molar-refractivity contribution in [2.75, 3.05) is 0 Å². The summed E-state index contributed by atoms with van der Waals surface area (Å²) in [5.74, 6) is 0.0974. The number of esters is 2. The minimum atomic E-state index is -0.530. The van der Waals surface area contributed by atoms with Crippen molar-refractivity contribution in [3.05, 3.63) is 58.7 Å². The van der Waals surface area contributed by atoms with Gasteiger partial charge in [-0.3, -0.25) is 4.79 Å². The summed E-state index contributed by atoms with van der Waals surface area (Å²) in [5, 5.41) is 2.21. The maximum absolute atomic E-state index is 12.0. The van der Waals surface area contributed by atoms with Crippen molar-refractivity contribution in [2.45, 2.75) is 32.1 Å². The van der Waals surface area contributed by atoms with Crippen molar-refractivity contribution in [1.29, 1.82) is 0 Å². The number of fused-ring (bicyclic) bond motifs is 6. The standard InChI is InChI=1S/C21H17ClO4/c1-4-17(24)26-20-13-6-5-10(2)7-14(13)21(25-11(3)23)18-12-8-15(19(18)20)16(22)9-12/h4-7,9,12,15H,1,8H2,2-3H3. The Morgan fingerprint density at radius 2 is 1.92 bits per heavy atom. The van der Waals surface area contributed by atoms with Crippen LogP contribution in [0.5, 0.6) is 11.5 Å². The van der Waals surface area contributed by atoms with E-state index in [9.17, 15) is 9.59 Å². The second kappa shape index (κ2) is 5.99. The van der Waals surface area contributed by atoms with Gasteiger partial charge in [0, 0.05) is 51.8 Å². The SMILES string of the molecule is C=CC(=O)Oc1c2c(c(OC(C)=O)c3cc(C)ccc13)C1C=C(Cl)C2C1. The van der Waals surface area contributed by atoms with Crippen LogP contribution in [0.25, 0.3) is 10.8 Å². The number of hydrogen-bond donors (Lipinski definition) is 0. The third-order valence-corrected chi connectivity index (χ3v) is 5.35. The quantitative estimate of drug-likeness (QED) is 0.440. The van der Waals surface area contributed by atoms with E-state index in [4.69, 9.17) is 21.1 Å². The molecule has 2 aliphatic rings. The van der Waals surface area contributed by atoms with Crippen LogP contribution in [-0.2, 0) is 9.59 Å². The van der Waals surface area contributed by atoms with Gasteiger partial charge in [0.2, 0.25) is 0 Å². The molecule has 0 saturated carbocycles. The van der Waals surface area contributed by atoms with Crippen molar-refractivity contribution >= 4 is 34.3 Å². The molecule has 0 fully saturated rings. The van der Waals surface area contributed by atoms with Gasteiger partial charge in [0.05, 0.1) is 0 Å². The number of allylic oxidation sites excluding steroid dienone is 2. The van der Waals surface area contributed by atoms with Crippen molar-refractivity contribution in [3.8, 4) is 11.5 Å². The van der Waals surface area contributed by atoms with Gasteiger partial charge < -0.3 is 9.47 Å². The average Bonchev–Trinajstić information content (AvgIpc) is 3.14. The molecule has 2 aromatic carbocycles. The molecule has 4 nitrogen and oxygen atoms in total. The summed E-state index contributed by atoms with van der Waals surface area (Å²) in [5.41, 5.74) is 2.74. The Morgan fingerprint density at radius 3 is 2.62 bits per heavy atom. The molecule has 0 radical (unpaired) electrons. The van der Waals surface area contributed by atoms with E-state index in [0.717, 1.165) is 45.0 Å². The molecule has 2 bridgehead atoms. The van der Waals surface area contributed by atoms with Gasteiger partial charge >= 0.3 is 11.9 Å². The molecule has 2 aliphatic carbocycles. The van der Waals surface area contributed by atoms with Crippen LogP contribution in [0.4, 0.5) is 0 Å². The van der Waals surface area contributed by atoms with E-state index in [0.29, 0.717) is 11.5 Å². The van der Waals surface area contributed by atoms with E-state index in [1.807, 2.05) is 31.2 Å². The van der Waals surface area contributed by atoms with E-state index in [-0.39, 0.29) is 17.8 Å². The van der Waals surface area contributed by atoms with Crippen LogP contribution in [0.3, 0.4) is 0 Å². The zero-order chi connectivity index (χ0) is 18.6. The maximum atomic E-state index is 12.0. The van der Waals surface area contributed by atoms with Crippen LogP contribution < -0.4 is 9.47 Å². The van der Waals surface area contributed by atoms with Crippen LogP contribution >= 0.6 is 11.6 Å². The topological polar surface area (TPSA) is 52.6 Å². The first-order chi connectivity index (χ1) is 12.4. The zero-order valence-corrected chi connectivity index (χ0v) is 15.2. The monoisotopic (exact) mass is 368 g/mol. The summed E-state index contributed by atoms with van der Waals surface area (Å²) in [6.45, 7) is 6.83. The van der Waals surface area contributed by atoms with Crippen LogP contribution in [0, 0.1) is 6.92 Å². The normalized spacial score (nSPS) is 19.9. The van der Waals surface area contributed by atoms with Gasteiger partial charge in [0.25, 0.3) is 0 Å². The van der Waals surface area contributed by atoms with E-state index in [1.54, 1.807) is 0 Å². The Bertz CT molecular complexity index is 1020. The summed E-state index contributed by atoms with van der Waals surface area (Å²) >= 11 is 6.41. The fourth-order valence-corrected chi connectivity index (χ4v) is 4.35. The molecule has 2 atom stereocenters. The van der Waals surface area contributed by atoms with Crippen molar-refractivity contribution in [1.82, 2.24) is 0 Å². The summed E-state index contributed by atoms with van der Waals surface area (Å²) in [6.07, 6.45) is 3.91. The number of rotatable bonds is 3. The average molecular weight is 369 g/mol. The van der Waals surface area contributed by atoms with Gasteiger partial charge in [-0.1, -0.05) is 42.0 Å². The third-order valence-electron chi connectivity index (χ3n) is 4.96. The molecule has 0 saturated heterocycles. The number of benzene rings is 2. The first-order valence-electron chi connectivity index (χ1n) is 8.40. The first-order valence-corrected chi connectivity index (χ1v) is 8.78. The Morgan fingerprint density at radius 1 is 1.19 bits per heavy atom. The highest BCUT2D eigenvalue weighted by Crippen LogP contribution is 2.61. The predicted molar refractivity (Wildman–Crippen MR) is 99.9 cm³/mol. The minimum Gasteiger partial charge on any atom is -0.426 e. The summed E-state index contributed by atoms with van der Waals surface area (Å²) < 4.78 is 11.3. The molecule has 2 aromatic rings. The highest BCUT2D eigenvalue weighted by atomic mass is 35.5. The molecule has 0 heterocycles. The summed E-state index contributed by atoms with van der Waals surface area (Å²) in [6, 6.07) is 5.76. The smallest absolute Gasteiger partial charge is 0.335 e. The largest absolute Gasteiger partial charge is 0.426 e. The predicted octanol–water partition coefficient (Wildman–Crippen LogP) is 4.87. The van der Waals surface area contributed by atoms with Gasteiger partial charge in [-0.15, -0.1) is 0 Å². The van der Waals surface area contributed by atoms with Crippen LogP contribution in [-0.4, -0.2) is 11.9 Å². The van der Waals surface area contributed by atoms with Gasteiger partial charge in [0.1, 0.15) is 11.5 Å². The Hall–Kier alpha value is -2.59. The van der Waals surface area contributed by atoms with Crippen molar-refractivity contribution in [2.24, 2.45) is 0 Å². The molecular formula is C21H17ClO4. The lowest BCUT2D eigenvalue weighted by Gasteiger charge is -2.23. The fraction of sp³-hybridized carbons (Fsp3) is 0.238. The number of hydrogen-bond acceptors (Lipinski definition) is 4. The first kappa shape index (κ1) is 16.9. The lowest BCUT2D eigenvalue weighted by atomic mass is 9.90. The summed E-state index contributed by atoms with van der Waals surface area (Å²) in [7, 11) is 0. The second-order valence-corrected chi connectivity index (χ2v) is 7.14. The van der Waals surface area contributed by atoms with Gasteiger partial charge in [-0.05, 0) is 19.4 Å². The molecule has 5 heteroatoms. The molecule has 132 valence electrons. The molecule has 4 rings (SSSR count). The van der Waals surface area contributed by atoms with E-state index < -0.39 is 5.97 Å². The zero-order valence-electron chi connectivity index (χ0n) is 14.5. The van der Waals surface area contributed by atoms with Gasteiger partial charge in [-0.25, -0.2) is 4.79 Å². The van der Waals surface area contributed by atoms with E-state index >= 15 is 0 Å². The molecular weight excluding hydrogens is 352 g/mol. The van der Waals surface area contributed by atoms with E-state index in [2.05, 4.69) is 6.58 Å². The van der Waals surface area contributed by atoms with Crippen LogP contribution in [0.1, 0.15) is 41.9 Å². The number of ether oxygens (including phenoxy) is 2. The fourth-order valence-electron chi connectivity index (χ4n) is 4.00. The number of halogens is 1. The maximum Gasteiger partial charge on any atom is 0.335 e. The van der Waals surface area contributed by atoms with E-state index in [1.165, 1.54) is 6.92 Å². The Balaban J connectivity index is 2.09. The van der Waals surface area contributed by atoms with Crippen LogP contribution in [0.2, 0.25) is 0 Å². The Kier molecular flexibility index (Phi) is 3.88. The molecule has 0 spiro atoms. The Labute approximate surface area is 156 Å². The second-order valence-electron chi connectivity index (χ2n) is 6.70. The third kappa shape index (κ3) is 2.44. The molecule has 0 N–H and O–H groups in total.